The summed E-state index contributed by atoms with van der Waals surface area (Å²) < 4.78 is 1.69. The molecule has 1 aliphatic rings. The van der Waals surface area contributed by atoms with E-state index >= 15 is 0 Å². The number of aromatic nitrogens is 3. The van der Waals surface area contributed by atoms with Crippen molar-refractivity contribution in [2.75, 3.05) is 6.61 Å². The van der Waals surface area contributed by atoms with E-state index in [4.69, 9.17) is 10.4 Å². The molecule has 1 aromatic heterocycles. The molecule has 5 heteroatoms. The molecule has 0 amide bonds. The molecule has 1 heterocycles. The molecule has 0 aromatic carbocycles. The van der Waals surface area contributed by atoms with Crippen LogP contribution < -0.4 is 0 Å². The largest absolute Gasteiger partial charge is 0.394 e. The third kappa shape index (κ3) is 2.07. The van der Waals surface area contributed by atoms with E-state index in [1.165, 1.54) is 19.3 Å². The van der Waals surface area contributed by atoms with Crippen LogP contribution in [0.3, 0.4) is 0 Å². The van der Waals surface area contributed by atoms with Gasteiger partial charge in [0.15, 0.2) is 5.69 Å². The lowest BCUT2D eigenvalue weighted by Crippen LogP contribution is -2.14. The van der Waals surface area contributed by atoms with Gasteiger partial charge >= 0.3 is 0 Å². The van der Waals surface area contributed by atoms with Gasteiger partial charge in [0.1, 0.15) is 6.07 Å². The summed E-state index contributed by atoms with van der Waals surface area (Å²) >= 11 is 0. The fourth-order valence-corrected chi connectivity index (χ4v) is 2.44. The normalized spacial score (nSPS) is 17.2. The van der Waals surface area contributed by atoms with Crippen LogP contribution in [0.1, 0.15) is 49.4 Å². The van der Waals surface area contributed by atoms with Crippen LogP contribution in [0.25, 0.3) is 0 Å². The van der Waals surface area contributed by atoms with Crippen LogP contribution >= 0.6 is 0 Å². The van der Waals surface area contributed by atoms with E-state index in [9.17, 15) is 0 Å². The summed E-state index contributed by atoms with van der Waals surface area (Å²) in [5, 5.41) is 25.8. The Labute approximate surface area is 94.7 Å². The molecule has 0 spiro atoms. The standard InChI is InChI=1S/C11H16N4O/c12-8-10-11(9-4-2-1-3-5-9)15(6-7-16)14-13-10/h9,16H,1-7H2. The van der Waals surface area contributed by atoms with E-state index < -0.39 is 0 Å². The van der Waals surface area contributed by atoms with Crippen molar-refractivity contribution in [3.05, 3.63) is 11.4 Å². The average Bonchev–Trinajstić information content (AvgIpc) is 2.74. The lowest BCUT2D eigenvalue weighted by Gasteiger charge is -2.22. The molecule has 1 aromatic rings. The Hall–Kier alpha value is -1.41. The van der Waals surface area contributed by atoms with Gasteiger partial charge in [-0.3, -0.25) is 0 Å². The van der Waals surface area contributed by atoms with Gasteiger partial charge in [0, 0.05) is 5.92 Å². The van der Waals surface area contributed by atoms with E-state index in [0.717, 1.165) is 18.5 Å². The maximum Gasteiger partial charge on any atom is 0.186 e. The molecular formula is C11H16N4O. The van der Waals surface area contributed by atoms with Crippen molar-refractivity contribution in [3.63, 3.8) is 0 Å². The van der Waals surface area contributed by atoms with E-state index in [1.54, 1.807) is 4.68 Å². The van der Waals surface area contributed by atoms with Crippen molar-refractivity contribution < 1.29 is 5.11 Å². The molecule has 1 saturated carbocycles. The maximum absolute atomic E-state index is 9.00. The number of hydrogen-bond acceptors (Lipinski definition) is 4. The quantitative estimate of drug-likeness (QED) is 0.830. The Morgan fingerprint density at radius 2 is 2.12 bits per heavy atom. The molecule has 1 N–H and O–H groups in total. The molecule has 16 heavy (non-hydrogen) atoms. The Balaban J connectivity index is 2.28. The first kappa shape index (κ1) is 11.1. The van der Waals surface area contributed by atoms with Crippen LogP contribution in [-0.2, 0) is 6.54 Å². The lowest BCUT2D eigenvalue weighted by atomic mass is 9.86. The van der Waals surface area contributed by atoms with Crippen LogP contribution in [0.2, 0.25) is 0 Å². The monoisotopic (exact) mass is 220 g/mol. The zero-order valence-corrected chi connectivity index (χ0v) is 9.26. The molecule has 1 aliphatic carbocycles. The van der Waals surface area contributed by atoms with Crippen molar-refractivity contribution >= 4 is 0 Å². The van der Waals surface area contributed by atoms with Gasteiger partial charge in [-0.25, -0.2) is 4.68 Å². The summed E-state index contributed by atoms with van der Waals surface area (Å²) in [7, 11) is 0. The molecule has 0 unspecified atom stereocenters. The first-order chi connectivity index (χ1) is 7.86. The van der Waals surface area contributed by atoms with Gasteiger partial charge in [-0.1, -0.05) is 24.5 Å². The average molecular weight is 220 g/mol. The summed E-state index contributed by atoms with van der Waals surface area (Å²) in [6, 6.07) is 2.10. The number of aliphatic hydroxyl groups excluding tert-OH is 1. The molecule has 0 saturated heterocycles. The second kappa shape index (κ2) is 5.08. The second-order valence-corrected chi connectivity index (χ2v) is 4.22. The molecule has 5 nitrogen and oxygen atoms in total. The molecule has 0 radical (unpaired) electrons. The first-order valence-electron chi connectivity index (χ1n) is 5.81. The zero-order chi connectivity index (χ0) is 11.4. The molecule has 0 bridgehead atoms. The SMILES string of the molecule is N#Cc1nnn(CCO)c1C1CCCCC1. The Morgan fingerprint density at radius 3 is 2.75 bits per heavy atom. The van der Waals surface area contributed by atoms with Gasteiger partial charge in [-0.15, -0.1) is 5.10 Å². The van der Waals surface area contributed by atoms with Crippen LogP contribution in [0.15, 0.2) is 0 Å². The number of nitriles is 1. The maximum atomic E-state index is 9.00. The topological polar surface area (TPSA) is 74.7 Å². The van der Waals surface area contributed by atoms with Gasteiger partial charge in [0.2, 0.25) is 0 Å². The van der Waals surface area contributed by atoms with Gasteiger partial charge in [-0.2, -0.15) is 5.26 Å². The van der Waals surface area contributed by atoms with E-state index in [2.05, 4.69) is 16.4 Å². The van der Waals surface area contributed by atoms with Crippen molar-refractivity contribution in [3.8, 4) is 6.07 Å². The highest BCUT2D eigenvalue weighted by molar-refractivity contribution is 5.28. The fourth-order valence-electron chi connectivity index (χ4n) is 2.44. The van der Waals surface area contributed by atoms with Crippen LogP contribution in [0, 0.1) is 11.3 Å². The first-order valence-corrected chi connectivity index (χ1v) is 5.81. The predicted octanol–water partition coefficient (Wildman–Crippen LogP) is 1.19. The molecule has 86 valence electrons. The highest BCUT2D eigenvalue weighted by Crippen LogP contribution is 2.33. The smallest absolute Gasteiger partial charge is 0.186 e. The minimum atomic E-state index is 0.0357. The minimum Gasteiger partial charge on any atom is -0.394 e. The summed E-state index contributed by atoms with van der Waals surface area (Å²) in [5.74, 6) is 0.393. The highest BCUT2D eigenvalue weighted by atomic mass is 16.3. The Kier molecular flexibility index (Phi) is 3.52. The third-order valence-corrected chi connectivity index (χ3v) is 3.18. The van der Waals surface area contributed by atoms with Crippen molar-refractivity contribution in [1.29, 1.82) is 5.26 Å². The summed E-state index contributed by atoms with van der Waals surface area (Å²) in [5.41, 5.74) is 1.36. The lowest BCUT2D eigenvalue weighted by molar-refractivity contribution is 0.262. The number of aliphatic hydroxyl groups is 1. The van der Waals surface area contributed by atoms with E-state index in [-0.39, 0.29) is 6.61 Å². The van der Waals surface area contributed by atoms with Crippen molar-refractivity contribution in [1.82, 2.24) is 15.0 Å². The zero-order valence-electron chi connectivity index (χ0n) is 9.26. The molecular weight excluding hydrogens is 204 g/mol. The Morgan fingerprint density at radius 1 is 1.38 bits per heavy atom. The molecule has 1 fully saturated rings. The number of nitrogens with zero attached hydrogens (tertiary/aromatic N) is 4. The Bertz CT molecular complexity index is 387. The van der Waals surface area contributed by atoms with Gasteiger partial charge in [0.25, 0.3) is 0 Å². The van der Waals surface area contributed by atoms with Crippen molar-refractivity contribution in [2.45, 2.75) is 44.6 Å². The van der Waals surface area contributed by atoms with E-state index in [1.807, 2.05) is 0 Å². The fraction of sp³-hybridized carbons (Fsp3) is 0.727. The van der Waals surface area contributed by atoms with Crippen LogP contribution in [0.5, 0.6) is 0 Å². The van der Waals surface area contributed by atoms with Gasteiger partial charge < -0.3 is 5.11 Å². The van der Waals surface area contributed by atoms with Crippen LogP contribution in [-0.4, -0.2) is 26.7 Å². The molecule has 0 aliphatic heterocycles. The third-order valence-electron chi connectivity index (χ3n) is 3.18. The summed E-state index contributed by atoms with van der Waals surface area (Å²) in [6.45, 7) is 0.467. The second-order valence-electron chi connectivity index (χ2n) is 4.22. The number of hydrogen-bond donors (Lipinski definition) is 1. The number of rotatable bonds is 3. The highest BCUT2D eigenvalue weighted by Gasteiger charge is 2.24. The predicted molar refractivity (Wildman–Crippen MR) is 57.6 cm³/mol. The van der Waals surface area contributed by atoms with Gasteiger partial charge in [0.05, 0.1) is 18.8 Å². The van der Waals surface area contributed by atoms with Gasteiger partial charge in [-0.05, 0) is 12.8 Å². The molecule has 0 atom stereocenters. The van der Waals surface area contributed by atoms with Crippen LogP contribution in [0.4, 0.5) is 0 Å². The summed E-state index contributed by atoms with van der Waals surface area (Å²) in [4.78, 5) is 0. The summed E-state index contributed by atoms with van der Waals surface area (Å²) in [6.07, 6.45) is 5.90. The van der Waals surface area contributed by atoms with E-state index in [0.29, 0.717) is 18.2 Å². The minimum absolute atomic E-state index is 0.0357. The van der Waals surface area contributed by atoms with Crippen molar-refractivity contribution in [2.24, 2.45) is 0 Å². The molecule has 2 rings (SSSR count).